The van der Waals surface area contributed by atoms with Crippen LogP contribution in [0.3, 0.4) is 0 Å². The summed E-state index contributed by atoms with van der Waals surface area (Å²) in [5.41, 5.74) is 5.10. The highest BCUT2D eigenvalue weighted by Gasteiger charge is 2.15. The van der Waals surface area contributed by atoms with Crippen LogP contribution in [0, 0.1) is 0 Å². The molecular formula is C19H20BrN3O5S. The lowest BCUT2D eigenvalue weighted by atomic mass is 10.2. The first-order valence-corrected chi connectivity index (χ1v) is 9.73. The lowest BCUT2D eigenvalue weighted by molar-refractivity contribution is -0.123. The van der Waals surface area contributed by atoms with Gasteiger partial charge in [-0.05, 0) is 49.5 Å². The predicted octanol–water partition coefficient (Wildman–Crippen LogP) is 2.57. The molecule has 10 heteroatoms. The number of ether oxygens (including phenoxy) is 3. The fourth-order valence-electron chi connectivity index (χ4n) is 2.21. The van der Waals surface area contributed by atoms with Gasteiger partial charge in [0.05, 0.1) is 19.3 Å². The molecule has 0 unspecified atom stereocenters. The third-order valence-electron chi connectivity index (χ3n) is 3.46. The minimum Gasteiger partial charge on any atom is -0.493 e. The molecule has 8 nitrogen and oxygen atoms in total. The van der Waals surface area contributed by atoms with Gasteiger partial charge in [0.15, 0.2) is 23.2 Å². The van der Waals surface area contributed by atoms with E-state index >= 15 is 0 Å². The number of hydrogen-bond acceptors (Lipinski definition) is 6. The van der Waals surface area contributed by atoms with E-state index in [1.54, 1.807) is 42.5 Å². The Morgan fingerprint density at radius 2 is 1.76 bits per heavy atom. The fraction of sp³-hybridized carbons (Fsp3) is 0.211. The molecule has 2 rings (SSSR count). The molecule has 0 atom stereocenters. The summed E-state index contributed by atoms with van der Waals surface area (Å²) >= 11 is 8.35. The van der Waals surface area contributed by atoms with Crippen LogP contribution < -0.4 is 30.4 Å². The first-order valence-electron chi connectivity index (χ1n) is 8.53. The van der Waals surface area contributed by atoms with E-state index in [1.165, 1.54) is 7.11 Å². The Kier molecular flexibility index (Phi) is 8.68. The van der Waals surface area contributed by atoms with Crippen molar-refractivity contribution in [3.05, 3.63) is 52.5 Å². The number of rotatable bonds is 7. The van der Waals surface area contributed by atoms with E-state index in [1.807, 2.05) is 6.92 Å². The van der Waals surface area contributed by atoms with Crippen LogP contribution in [0.1, 0.15) is 17.3 Å². The number of benzene rings is 2. The van der Waals surface area contributed by atoms with Crippen LogP contribution in [-0.2, 0) is 4.79 Å². The van der Waals surface area contributed by atoms with Crippen molar-refractivity contribution >= 4 is 45.1 Å². The van der Waals surface area contributed by atoms with E-state index in [9.17, 15) is 9.59 Å². The Hall–Kier alpha value is -2.85. The molecular weight excluding hydrogens is 462 g/mol. The third kappa shape index (κ3) is 6.91. The SMILES string of the molecule is CCOc1ccc(Br)cc1C(=O)NC(=S)NNC(=O)COc1ccccc1OC. The molecule has 29 heavy (non-hydrogen) atoms. The van der Waals surface area contributed by atoms with Crippen molar-refractivity contribution < 1.29 is 23.8 Å². The number of methoxy groups -OCH3 is 1. The Morgan fingerprint density at radius 1 is 1.03 bits per heavy atom. The van der Waals surface area contributed by atoms with Crippen molar-refractivity contribution in [2.75, 3.05) is 20.3 Å². The quantitative estimate of drug-likeness (QED) is 0.412. The molecule has 0 heterocycles. The lowest BCUT2D eigenvalue weighted by Crippen LogP contribution is -2.49. The van der Waals surface area contributed by atoms with E-state index in [2.05, 4.69) is 32.1 Å². The molecule has 3 N–H and O–H groups in total. The van der Waals surface area contributed by atoms with Crippen LogP contribution in [-0.4, -0.2) is 37.3 Å². The van der Waals surface area contributed by atoms with Crippen LogP contribution >= 0.6 is 28.1 Å². The number of carbonyl (C=O) groups is 2. The van der Waals surface area contributed by atoms with Crippen LogP contribution in [0.5, 0.6) is 17.2 Å². The molecule has 0 saturated heterocycles. The Labute approximate surface area is 182 Å². The summed E-state index contributed by atoms with van der Waals surface area (Å²) < 4.78 is 16.7. The number of thiocarbonyl (C=S) groups is 1. The second-order valence-electron chi connectivity index (χ2n) is 5.47. The monoisotopic (exact) mass is 481 g/mol. The Bertz CT molecular complexity index is 894. The normalized spacial score (nSPS) is 9.90. The summed E-state index contributed by atoms with van der Waals surface area (Å²) in [6.45, 7) is 1.95. The van der Waals surface area contributed by atoms with Crippen LogP contribution in [0.2, 0.25) is 0 Å². The van der Waals surface area contributed by atoms with Crippen LogP contribution in [0.25, 0.3) is 0 Å². The topological polar surface area (TPSA) is 97.9 Å². The molecule has 2 aromatic carbocycles. The fourth-order valence-corrected chi connectivity index (χ4v) is 2.71. The summed E-state index contributed by atoms with van der Waals surface area (Å²) in [5, 5.41) is 2.39. The maximum atomic E-state index is 12.4. The van der Waals surface area contributed by atoms with Gasteiger partial charge < -0.3 is 14.2 Å². The molecule has 0 saturated carbocycles. The average Bonchev–Trinajstić information content (AvgIpc) is 2.72. The van der Waals surface area contributed by atoms with Gasteiger partial charge in [-0.1, -0.05) is 28.1 Å². The van der Waals surface area contributed by atoms with Crippen molar-refractivity contribution in [3.63, 3.8) is 0 Å². The van der Waals surface area contributed by atoms with Gasteiger partial charge >= 0.3 is 0 Å². The molecule has 0 fully saturated rings. The maximum Gasteiger partial charge on any atom is 0.276 e. The minimum atomic E-state index is -0.495. The van der Waals surface area contributed by atoms with Gasteiger partial charge in [0.25, 0.3) is 11.8 Å². The number of nitrogens with one attached hydrogen (secondary N) is 3. The van der Waals surface area contributed by atoms with Gasteiger partial charge in [-0.2, -0.15) is 0 Å². The second kappa shape index (κ2) is 11.2. The zero-order valence-corrected chi connectivity index (χ0v) is 18.2. The number of carbonyl (C=O) groups excluding carboxylic acids is 2. The molecule has 0 aliphatic rings. The van der Waals surface area contributed by atoms with Crippen LogP contribution in [0.15, 0.2) is 46.9 Å². The molecule has 0 bridgehead atoms. The minimum absolute atomic E-state index is 0.0805. The highest BCUT2D eigenvalue weighted by molar-refractivity contribution is 9.10. The number of hydrazine groups is 1. The summed E-state index contributed by atoms with van der Waals surface area (Å²) in [4.78, 5) is 24.4. The first kappa shape index (κ1) is 22.4. The van der Waals surface area contributed by atoms with Crippen molar-refractivity contribution in [1.29, 1.82) is 0 Å². The van der Waals surface area contributed by atoms with E-state index in [0.29, 0.717) is 33.9 Å². The zero-order chi connectivity index (χ0) is 21.2. The number of halogens is 1. The number of para-hydroxylation sites is 2. The summed E-state index contributed by atoms with van der Waals surface area (Å²) in [6, 6.07) is 12.0. The van der Waals surface area contributed by atoms with Gasteiger partial charge in [0.1, 0.15) is 5.75 Å². The predicted molar refractivity (Wildman–Crippen MR) is 115 cm³/mol. The smallest absolute Gasteiger partial charge is 0.276 e. The highest BCUT2D eigenvalue weighted by Crippen LogP contribution is 2.25. The Morgan fingerprint density at radius 3 is 2.45 bits per heavy atom. The van der Waals surface area contributed by atoms with Crippen molar-refractivity contribution in [3.8, 4) is 17.2 Å². The van der Waals surface area contributed by atoms with E-state index in [4.69, 9.17) is 26.4 Å². The molecule has 0 aliphatic heterocycles. The van der Waals surface area contributed by atoms with Gasteiger partial charge in [-0.15, -0.1) is 0 Å². The molecule has 2 aromatic rings. The van der Waals surface area contributed by atoms with Crippen molar-refractivity contribution in [1.82, 2.24) is 16.2 Å². The standard InChI is InChI=1S/C19H20BrN3O5S/c1-3-27-14-9-8-12(20)10-13(14)18(25)21-19(29)23-22-17(24)11-28-16-7-5-4-6-15(16)26-2/h4-10H,3,11H2,1-2H3,(H,22,24)(H2,21,23,25,29). The van der Waals surface area contributed by atoms with Gasteiger partial charge in [-0.25, -0.2) is 0 Å². The Balaban J connectivity index is 1.84. The third-order valence-corrected chi connectivity index (χ3v) is 4.15. The molecule has 0 aliphatic carbocycles. The average molecular weight is 482 g/mol. The molecule has 0 aromatic heterocycles. The van der Waals surface area contributed by atoms with E-state index < -0.39 is 11.8 Å². The van der Waals surface area contributed by atoms with Crippen molar-refractivity contribution in [2.45, 2.75) is 6.92 Å². The summed E-state index contributed by atoms with van der Waals surface area (Å²) in [7, 11) is 1.51. The van der Waals surface area contributed by atoms with E-state index in [0.717, 1.165) is 0 Å². The van der Waals surface area contributed by atoms with Crippen LogP contribution in [0.4, 0.5) is 0 Å². The van der Waals surface area contributed by atoms with Crippen molar-refractivity contribution in [2.24, 2.45) is 0 Å². The second-order valence-corrected chi connectivity index (χ2v) is 6.79. The highest BCUT2D eigenvalue weighted by atomic mass is 79.9. The number of amides is 2. The molecule has 0 spiro atoms. The van der Waals surface area contributed by atoms with E-state index in [-0.39, 0.29) is 11.7 Å². The molecule has 0 radical (unpaired) electrons. The molecule has 154 valence electrons. The largest absolute Gasteiger partial charge is 0.493 e. The summed E-state index contributed by atoms with van der Waals surface area (Å²) in [6.07, 6.45) is 0. The lowest BCUT2D eigenvalue weighted by Gasteiger charge is -2.14. The maximum absolute atomic E-state index is 12.4. The number of hydrogen-bond donors (Lipinski definition) is 3. The van der Waals surface area contributed by atoms with Gasteiger partial charge in [0, 0.05) is 4.47 Å². The molecule has 2 amide bonds. The van der Waals surface area contributed by atoms with Gasteiger partial charge in [0.2, 0.25) is 0 Å². The first-order chi connectivity index (χ1) is 13.9. The zero-order valence-electron chi connectivity index (χ0n) is 15.8. The van der Waals surface area contributed by atoms with Gasteiger partial charge in [-0.3, -0.25) is 25.8 Å². The summed E-state index contributed by atoms with van der Waals surface area (Å²) in [5.74, 6) is 0.385.